The summed E-state index contributed by atoms with van der Waals surface area (Å²) in [4.78, 5) is 28.2. The normalized spacial score (nSPS) is 20.9. The van der Waals surface area contributed by atoms with Gasteiger partial charge in [-0.05, 0) is 93.2 Å². The number of ether oxygens (including phenoxy) is 3. The maximum Gasteiger partial charge on any atom is 0.305 e. The van der Waals surface area contributed by atoms with E-state index < -0.39 is 0 Å². The maximum absolute atomic E-state index is 13.8. The summed E-state index contributed by atoms with van der Waals surface area (Å²) < 4.78 is 16.5. The lowest BCUT2D eigenvalue weighted by Crippen LogP contribution is -2.21. The Morgan fingerprint density at radius 2 is 1.32 bits per heavy atom. The molecule has 40 heavy (non-hydrogen) atoms. The number of benzene rings is 2. The van der Waals surface area contributed by atoms with E-state index in [9.17, 15) is 9.59 Å². The number of methoxy groups -OCH3 is 2. The van der Waals surface area contributed by atoms with E-state index in [-0.39, 0.29) is 36.3 Å². The summed E-state index contributed by atoms with van der Waals surface area (Å²) in [6.07, 6.45) is 7.29. The van der Waals surface area contributed by atoms with Crippen LogP contribution in [0.25, 0.3) is 0 Å². The van der Waals surface area contributed by atoms with Crippen LogP contribution in [0.1, 0.15) is 97.7 Å². The van der Waals surface area contributed by atoms with Gasteiger partial charge < -0.3 is 14.2 Å². The van der Waals surface area contributed by atoms with Gasteiger partial charge in [-0.25, -0.2) is 0 Å². The van der Waals surface area contributed by atoms with Gasteiger partial charge in [0, 0.05) is 18.9 Å². The zero-order chi connectivity index (χ0) is 29.0. The van der Waals surface area contributed by atoms with E-state index in [0.29, 0.717) is 25.4 Å². The van der Waals surface area contributed by atoms with E-state index in [0.717, 1.165) is 33.8 Å². The minimum Gasteiger partial charge on any atom is -0.496 e. The highest BCUT2D eigenvalue weighted by Gasteiger charge is 2.58. The molecule has 1 aliphatic heterocycles. The molecule has 1 aliphatic carbocycles. The molecule has 1 saturated carbocycles. The summed E-state index contributed by atoms with van der Waals surface area (Å²) in [5, 5.41) is 0. The lowest BCUT2D eigenvalue weighted by atomic mass is 9.85. The molecule has 0 spiro atoms. The lowest BCUT2D eigenvalue weighted by molar-refractivity contribution is -0.143. The van der Waals surface area contributed by atoms with Crippen LogP contribution in [0.2, 0.25) is 0 Å². The molecular weight excluding hydrogens is 502 g/mol. The van der Waals surface area contributed by atoms with Gasteiger partial charge in [0.25, 0.3) is 0 Å². The SMILES string of the molecule is CCOC(=O)CCCC(=O)[C@@H]1[C@H](C2CCCCC2)N1C(c1cc(C)c(OC)c(C)c1)c1cc(C)c(OC)c(C)c1. The van der Waals surface area contributed by atoms with Crippen LogP contribution in [-0.4, -0.2) is 49.6 Å². The van der Waals surface area contributed by atoms with Crippen LogP contribution in [0.15, 0.2) is 24.3 Å². The van der Waals surface area contributed by atoms with Gasteiger partial charge in [0.2, 0.25) is 0 Å². The number of rotatable bonds is 12. The number of ketones is 1. The first-order valence-electron chi connectivity index (χ1n) is 15.0. The zero-order valence-corrected chi connectivity index (χ0v) is 25.5. The molecule has 2 aromatic rings. The van der Waals surface area contributed by atoms with Crippen LogP contribution in [0, 0.1) is 33.6 Å². The number of nitrogens with zero attached hydrogens (tertiary/aromatic N) is 1. The Balaban J connectivity index is 1.74. The van der Waals surface area contributed by atoms with Crippen molar-refractivity contribution in [1.82, 2.24) is 4.90 Å². The predicted molar refractivity (Wildman–Crippen MR) is 158 cm³/mol. The van der Waals surface area contributed by atoms with Crippen molar-refractivity contribution in [2.24, 2.45) is 5.92 Å². The monoisotopic (exact) mass is 549 g/mol. The first kappa shape index (κ1) is 30.1. The topological polar surface area (TPSA) is 64.8 Å². The number of Topliss-reactive ketones (excluding diaryl/α,β-unsaturated/α-hetero) is 1. The Bertz CT molecular complexity index is 1110. The third-order valence-electron chi connectivity index (χ3n) is 8.77. The largest absolute Gasteiger partial charge is 0.496 e. The first-order valence-corrected chi connectivity index (χ1v) is 15.0. The Morgan fingerprint density at radius 3 is 1.77 bits per heavy atom. The van der Waals surface area contributed by atoms with Gasteiger partial charge in [-0.2, -0.15) is 0 Å². The maximum atomic E-state index is 13.8. The second-order valence-electron chi connectivity index (χ2n) is 11.7. The quantitative estimate of drug-likeness (QED) is 0.211. The number of hydrogen-bond acceptors (Lipinski definition) is 6. The molecule has 0 bridgehead atoms. The van der Waals surface area contributed by atoms with Gasteiger partial charge in [-0.15, -0.1) is 0 Å². The number of carbonyl (C=O) groups excluding carboxylic acids is 2. The highest BCUT2D eigenvalue weighted by Crippen LogP contribution is 2.51. The molecular formula is C34H47NO5. The van der Waals surface area contributed by atoms with Gasteiger partial charge in [0.1, 0.15) is 11.5 Å². The van der Waals surface area contributed by atoms with Crippen molar-refractivity contribution >= 4 is 11.8 Å². The van der Waals surface area contributed by atoms with Gasteiger partial charge in [-0.3, -0.25) is 14.5 Å². The van der Waals surface area contributed by atoms with Crippen LogP contribution < -0.4 is 9.47 Å². The molecule has 0 N–H and O–H groups in total. The Kier molecular flexibility index (Phi) is 9.94. The second kappa shape index (κ2) is 13.2. The third-order valence-corrected chi connectivity index (χ3v) is 8.77. The molecule has 3 atom stereocenters. The van der Waals surface area contributed by atoms with Crippen molar-refractivity contribution in [1.29, 1.82) is 0 Å². The minimum atomic E-state index is -0.224. The third kappa shape index (κ3) is 6.38. The molecule has 1 saturated heterocycles. The van der Waals surface area contributed by atoms with Crippen molar-refractivity contribution < 1.29 is 23.8 Å². The Hall–Kier alpha value is -2.86. The lowest BCUT2D eigenvalue weighted by Gasteiger charge is -2.27. The highest BCUT2D eigenvalue weighted by atomic mass is 16.5. The minimum absolute atomic E-state index is 0.0578. The van der Waals surface area contributed by atoms with Crippen LogP contribution in [0.5, 0.6) is 11.5 Å². The van der Waals surface area contributed by atoms with Crippen molar-refractivity contribution in [3.05, 3.63) is 57.6 Å². The van der Waals surface area contributed by atoms with Crippen molar-refractivity contribution in [3.8, 4) is 11.5 Å². The van der Waals surface area contributed by atoms with Crippen LogP contribution >= 0.6 is 0 Å². The number of hydrogen-bond donors (Lipinski definition) is 0. The smallest absolute Gasteiger partial charge is 0.305 e. The second-order valence-corrected chi connectivity index (χ2v) is 11.7. The van der Waals surface area contributed by atoms with Gasteiger partial charge in [0.15, 0.2) is 5.78 Å². The van der Waals surface area contributed by atoms with Crippen LogP contribution in [0.3, 0.4) is 0 Å². The van der Waals surface area contributed by atoms with E-state index in [2.05, 4.69) is 56.9 Å². The molecule has 0 radical (unpaired) electrons. The first-order chi connectivity index (χ1) is 19.2. The van der Waals surface area contributed by atoms with Crippen molar-refractivity contribution in [2.75, 3.05) is 20.8 Å². The summed E-state index contributed by atoms with van der Waals surface area (Å²) in [6, 6.07) is 8.92. The zero-order valence-electron chi connectivity index (χ0n) is 25.5. The molecule has 6 heteroatoms. The highest BCUT2D eigenvalue weighted by molar-refractivity contribution is 5.88. The standard InChI is InChI=1S/C34H47NO5/c1-8-40-29(37)16-12-15-28(36)32-31(25-13-10-9-11-14-25)35(32)30(26-17-21(2)33(38-6)22(3)18-26)27-19-23(4)34(39-7)24(5)20-27/h17-20,25,30-32H,8-16H2,1-7H3/t31-,32+,35?/m0/s1. The van der Waals surface area contributed by atoms with E-state index in [4.69, 9.17) is 14.2 Å². The number of carbonyl (C=O) groups is 2. The van der Waals surface area contributed by atoms with E-state index >= 15 is 0 Å². The number of aryl methyl sites for hydroxylation is 4. The molecule has 2 aromatic carbocycles. The van der Waals surface area contributed by atoms with Crippen LogP contribution in [0.4, 0.5) is 0 Å². The fourth-order valence-corrected chi connectivity index (χ4v) is 7.19. The molecule has 4 rings (SSSR count). The number of esters is 1. The summed E-state index contributed by atoms with van der Waals surface area (Å²) in [7, 11) is 3.44. The van der Waals surface area contributed by atoms with E-state index in [1.165, 1.54) is 43.2 Å². The average Bonchev–Trinajstić information content (AvgIpc) is 3.64. The van der Waals surface area contributed by atoms with Crippen molar-refractivity contribution in [3.63, 3.8) is 0 Å². The van der Waals surface area contributed by atoms with Gasteiger partial charge >= 0.3 is 5.97 Å². The Morgan fingerprint density at radius 1 is 0.825 bits per heavy atom. The Labute approximate surface area is 240 Å². The summed E-state index contributed by atoms with van der Waals surface area (Å²) >= 11 is 0. The van der Waals surface area contributed by atoms with Gasteiger partial charge in [-0.1, -0.05) is 43.5 Å². The molecule has 0 aromatic heterocycles. The fraction of sp³-hybridized carbons (Fsp3) is 0.588. The van der Waals surface area contributed by atoms with E-state index in [1.54, 1.807) is 14.2 Å². The molecule has 218 valence electrons. The molecule has 2 aliphatic rings. The summed E-state index contributed by atoms with van der Waals surface area (Å²) in [5.41, 5.74) is 6.75. The summed E-state index contributed by atoms with van der Waals surface area (Å²) in [5.74, 6) is 2.35. The molecule has 1 unspecified atom stereocenters. The predicted octanol–water partition coefficient (Wildman–Crippen LogP) is 6.96. The van der Waals surface area contributed by atoms with Gasteiger partial charge in [0.05, 0.1) is 32.9 Å². The molecule has 1 heterocycles. The molecule has 2 fully saturated rings. The fourth-order valence-electron chi connectivity index (χ4n) is 7.19. The van der Waals surface area contributed by atoms with Crippen molar-refractivity contribution in [2.45, 2.75) is 104 Å². The molecule has 6 nitrogen and oxygen atoms in total. The van der Waals surface area contributed by atoms with E-state index in [1.807, 2.05) is 6.92 Å². The summed E-state index contributed by atoms with van der Waals surface area (Å²) in [6.45, 7) is 10.6. The average molecular weight is 550 g/mol. The molecule has 0 amide bonds. The van der Waals surface area contributed by atoms with Crippen LogP contribution in [-0.2, 0) is 14.3 Å².